The van der Waals surface area contributed by atoms with E-state index in [9.17, 15) is 0 Å². The molecule has 0 spiro atoms. The van der Waals surface area contributed by atoms with Crippen molar-refractivity contribution in [1.82, 2.24) is 4.90 Å². The van der Waals surface area contributed by atoms with Crippen molar-refractivity contribution in [2.45, 2.75) is 25.8 Å². The molecule has 3 nitrogen and oxygen atoms in total. The van der Waals surface area contributed by atoms with E-state index in [0.29, 0.717) is 11.5 Å². The molecule has 2 saturated heterocycles. The summed E-state index contributed by atoms with van der Waals surface area (Å²) in [5.74, 6) is 0.812. The molecule has 2 aliphatic heterocycles. The van der Waals surface area contributed by atoms with Gasteiger partial charge in [-0.2, -0.15) is 0 Å². The molecule has 2 unspecified atom stereocenters. The number of rotatable bonds is 3. The van der Waals surface area contributed by atoms with Gasteiger partial charge in [0.1, 0.15) is 0 Å². The Bertz CT molecular complexity index is 201. The third-order valence-corrected chi connectivity index (χ3v) is 3.76. The van der Waals surface area contributed by atoms with Crippen LogP contribution in [0.25, 0.3) is 0 Å². The molecule has 0 radical (unpaired) electrons. The molecule has 2 N–H and O–H groups in total. The van der Waals surface area contributed by atoms with Crippen LogP contribution in [-0.4, -0.2) is 44.3 Å². The molecule has 14 heavy (non-hydrogen) atoms. The molecule has 0 aliphatic carbocycles. The Morgan fingerprint density at radius 1 is 1.57 bits per heavy atom. The van der Waals surface area contributed by atoms with Gasteiger partial charge < -0.3 is 15.4 Å². The van der Waals surface area contributed by atoms with Crippen LogP contribution in [0.3, 0.4) is 0 Å². The second-order valence-corrected chi connectivity index (χ2v) is 5.28. The van der Waals surface area contributed by atoms with Gasteiger partial charge in [-0.3, -0.25) is 0 Å². The third kappa shape index (κ3) is 1.81. The van der Waals surface area contributed by atoms with Gasteiger partial charge in [0.05, 0.1) is 13.2 Å². The van der Waals surface area contributed by atoms with Crippen LogP contribution in [0.4, 0.5) is 0 Å². The molecule has 82 valence electrons. The monoisotopic (exact) mass is 198 g/mol. The summed E-state index contributed by atoms with van der Waals surface area (Å²) in [4.78, 5) is 2.42. The van der Waals surface area contributed by atoms with Crippen LogP contribution in [0.1, 0.15) is 19.8 Å². The zero-order chi connectivity index (χ0) is 10.2. The van der Waals surface area contributed by atoms with E-state index in [2.05, 4.69) is 18.9 Å². The summed E-state index contributed by atoms with van der Waals surface area (Å²) in [7, 11) is 2.21. The van der Waals surface area contributed by atoms with E-state index < -0.39 is 0 Å². The van der Waals surface area contributed by atoms with E-state index in [4.69, 9.17) is 10.5 Å². The lowest BCUT2D eigenvalue weighted by Crippen LogP contribution is -2.51. The van der Waals surface area contributed by atoms with E-state index >= 15 is 0 Å². The predicted octanol–water partition coefficient (Wildman–Crippen LogP) is 0.692. The van der Waals surface area contributed by atoms with Gasteiger partial charge >= 0.3 is 0 Å². The molecule has 0 amide bonds. The lowest BCUT2D eigenvalue weighted by atomic mass is 9.69. The van der Waals surface area contributed by atoms with Crippen LogP contribution in [0, 0.1) is 11.3 Å². The molecule has 3 heteroatoms. The largest absolute Gasteiger partial charge is 0.380 e. The minimum Gasteiger partial charge on any atom is -0.380 e. The molecular formula is C11H22N2O. The maximum Gasteiger partial charge on any atom is 0.0548 e. The van der Waals surface area contributed by atoms with Gasteiger partial charge in [-0.1, -0.05) is 0 Å². The molecule has 0 bridgehead atoms. The Hall–Kier alpha value is -0.120. The highest BCUT2D eigenvalue weighted by Gasteiger charge is 2.47. The zero-order valence-corrected chi connectivity index (χ0v) is 9.33. The fourth-order valence-electron chi connectivity index (χ4n) is 2.96. The Morgan fingerprint density at radius 2 is 2.29 bits per heavy atom. The molecule has 0 aromatic carbocycles. The lowest BCUT2D eigenvalue weighted by molar-refractivity contribution is -0.149. The van der Waals surface area contributed by atoms with Crippen LogP contribution in [0.15, 0.2) is 0 Å². The number of ether oxygens (including phenoxy) is 1. The summed E-state index contributed by atoms with van der Waals surface area (Å²) >= 11 is 0. The summed E-state index contributed by atoms with van der Waals surface area (Å²) in [6.45, 7) is 6.46. The quantitative estimate of drug-likeness (QED) is 0.725. The summed E-state index contributed by atoms with van der Waals surface area (Å²) < 4.78 is 5.41. The number of likely N-dealkylation sites (tertiary alicyclic amines) is 1. The molecule has 2 aliphatic rings. The normalized spacial score (nSPS) is 34.1. The fourth-order valence-corrected chi connectivity index (χ4v) is 2.96. The molecule has 2 rings (SSSR count). The Morgan fingerprint density at radius 3 is 2.64 bits per heavy atom. The van der Waals surface area contributed by atoms with Crippen molar-refractivity contribution < 1.29 is 4.74 Å². The number of hydrogen-bond acceptors (Lipinski definition) is 3. The molecule has 2 heterocycles. The Kier molecular flexibility index (Phi) is 2.82. The molecule has 0 saturated carbocycles. The van der Waals surface area contributed by atoms with Crippen LogP contribution >= 0.6 is 0 Å². The highest BCUT2D eigenvalue weighted by atomic mass is 16.5. The van der Waals surface area contributed by atoms with Gasteiger partial charge in [0.25, 0.3) is 0 Å². The van der Waals surface area contributed by atoms with Crippen molar-refractivity contribution in [3.05, 3.63) is 0 Å². The zero-order valence-electron chi connectivity index (χ0n) is 9.33. The minimum absolute atomic E-state index is 0.310. The van der Waals surface area contributed by atoms with Gasteiger partial charge in [-0.15, -0.1) is 0 Å². The number of nitrogens with zero attached hydrogens (tertiary/aromatic N) is 1. The van der Waals surface area contributed by atoms with Crippen LogP contribution in [-0.2, 0) is 4.74 Å². The van der Waals surface area contributed by atoms with Gasteiger partial charge in [0, 0.05) is 18.0 Å². The Balaban J connectivity index is 1.97. The van der Waals surface area contributed by atoms with Crippen LogP contribution in [0.5, 0.6) is 0 Å². The van der Waals surface area contributed by atoms with Gasteiger partial charge in [-0.05, 0) is 39.3 Å². The van der Waals surface area contributed by atoms with Crippen molar-refractivity contribution in [2.24, 2.45) is 17.1 Å². The van der Waals surface area contributed by atoms with Gasteiger partial charge in [0.15, 0.2) is 0 Å². The van der Waals surface area contributed by atoms with Gasteiger partial charge in [-0.25, -0.2) is 0 Å². The highest BCUT2D eigenvalue weighted by Crippen LogP contribution is 2.44. The smallest absolute Gasteiger partial charge is 0.0548 e. The first-order valence-corrected chi connectivity index (χ1v) is 5.64. The topological polar surface area (TPSA) is 38.5 Å². The first kappa shape index (κ1) is 10.4. The first-order valence-electron chi connectivity index (χ1n) is 5.64. The second kappa shape index (κ2) is 3.80. The molecule has 0 aromatic rings. The summed E-state index contributed by atoms with van der Waals surface area (Å²) in [6.07, 6.45) is 2.46. The van der Waals surface area contributed by atoms with Crippen molar-refractivity contribution in [2.75, 3.05) is 33.4 Å². The predicted molar refractivity (Wildman–Crippen MR) is 57.1 cm³/mol. The van der Waals surface area contributed by atoms with E-state index in [0.717, 1.165) is 25.6 Å². The fraction of sp³-hybridized carbons (Fsp3) is 1.00. The van der Waals surface area contributed by atoms with Crippen LogP contribution in [0.2, 0.25) is 0 Å². The maximum absolute atomic E-state index is 5.92. The third-order valence-electron chi connectivity index (χ3n) is 3.76. The van der Waals surface area contributed by atoms with E-state index in [1.54, 1.807) is 0 Å². The molecule has 2 fully saturated rings. The summed E-state index contributed by atoms with van der Waals surface area (Å²) in [5, 5.41) is 0. The van der Waals surface area contributed by atoms with E-state index in [-0.39, 0.29) is 0 Å². The summed E-state index contributed by atoms with van der Waals surface area (Å²) in [6, 6.07) is 0.310. The maximum atomic E-state index is 5.92. The molecule has 2 atom stereocenters. The van der Waals surface area contributed by atoms with Crippen molar-refractivity contribution >= 4 is 0 Å². The van der Waals surface area contributed by atoms with Crippen molar-refractivity contribution in [1.29, 1.82) is 0 Å². The SMILES string of the molecule is CC(N)CC1(C2CCN(C)C2)COC1. The highest BCUT2D eigenvalue weighted by molar-refractivity contribution is 4.97. The molecule has 0 aromatic heterocycles. The standard InChI is InChI=1S/C11H22N2O/c1-9(12)5-11(7-14-8-11)10-3-4-13(2)6-10/h9-10H,3-8,12H2,1-2H3. The average Bonchev–Trinajstić information content (AvgIpc) is 2.44. The Labute approximate surface area is 86.6 Å². The van der Waals surface area contributed by atoms with E-state index in [1.807, 2.05) is 0 Å². The number of hydrogen-bond donors (Lipinski definition) is 1. The van der Waals surface area contributed by atoms with Crippen LogP contribution < -0.4 is 5.73 Å². The second-order valence-electron chi connectivity index (χ2n) is 5.28. The summed E-state index contributed by atoms with van der Waals surface area (Å²) in [5.41, 5.74) is 6.34. The number of nitrogens with two attached hydrogens (primary N) is 1. The van der Waals surface area contributed by atoms with E-state index in [1.165, 1.54) is 19.5 Å². The average molecular weight is 198 g/mol. The van der Waals surface area contributed by atoms with Gasteiger partial charge in [0.2, 0.25) is 0 Å². The lowest BCUT2D eigenvalue weighted by Gasteiger charge is -2.47. The minimum atomic E-state index is 0.310. The first-order chi connectivity index (χ1) is 6.62. The molecular weight excluding hydrogens is 176 g/mol. The van der Waals surface area contributed by atoms with Crippen molar-refractivity contribution in [3.8, 4) is 0 Å². The van der Waals surface area contributed by atoms with Crippen molar-refractivity contribution in [3.63, 3.8) is 0 Å².